The molecule has 3 nitrogen and oxygen atoms in total. The van der Waals surface area contributed by atoms with Crippen LogP contribution in [0.2, 0.25) is 0 Å². The van der Waals surface area contributed by atoms with Crippen molar-refractivity contribution in [3.8, 4) is 0 Å². The van der Waals surface area contributed by atoms with Crippen molar-refractivity contribution in [3.05, 3.63) is 29.3 Å². The summed E-state index contributed by atoms with van der Waals surface area (Å²) in [5, 5.41) is 0. The molecule has 0 spiro atoms. The number of hydrogen-bond donors (Lipinski definition) is 0. The molecule has 1 aromatic carbocycles. The van der Waals surface area contributed by atoms with E-state index in [9.17, 15) is 0 Å². The van der Waals surface area contributed by atoms with Crippen LogP contribution in [0.5, 0.6) is 0 Å². The van der Waals surface area contributed by atoms with E-state index in [0.717, 1.165) is 5.69 Å². The Morgan fingerprint density at radius 1 is 1.07 bits per heavy atom. The number of rotatable bonds is 5. The van der Waals surface area contributed by atoms with Crippen LogP contribution in [-0.4, -0.2) is 27.7 Å². The van der Waals surface area contributed by atoms with Gasteiger partial charge in [0.2, 0.25) is 0 Å². The van der Waals surface area contributed by atoms with E-state index < -0.39 is 0 Å². The maximum atomic E-state index is 5.14. The normalized spacial score (nSPS) is 10.4. The first-order valence-corrected chi connectivity index (χ1v) is 4.99. The van der Waals surface area contributed by atoms with Crippen molar-refractivity contribution in [1.82, 2.24) is 0 Å². The number of aryl methyl sites for hydroxylation is 2. The van der Waals surface area contributed by atoms with Crippen LogP contribution in [0.1, 0.15) is 11.1 Å². The Morgan fingerprint density at radius 3 is 2.13 bits per heavy atom. The summed E-state index contributed by atoms with van der Waals surface area (Å²) in [6.45, 7) is 5.27. The van der Waals surface area contributed by atoms with Gasteiger partial charge in [0, 0.05) is 19.9 Å². The lowest BCUT2D eigenvalue weighted by atomic mass is 10.1. The Hall–Kier alpha value is -1.06. The molecule has 0 aliphatic rings. The van der Waals surface area contributed by atoms with Crippen LogP contribution in [0, 0.1) is 13.8 Å². The van der Waals surface area contributed by atoms with E-state index in [4.69, 9.17) is 9.47 Å². The highest BCUT2D eigenvalue weighted by Gasteiger charge is 2.07. The molecular weight excluding hydrogens is 190 g/mol. The number of ether oxygens (including phenoxy) is 2. The van der Waals surface area contributed by atoms with Crippen molar-refractivity contribution in [2.24, 2.45) is 0 Å². The highest BCUT2D eigenvalue weighted by Crippen LogP contribution is 2.20. The van der Waals surface area contributed by atoms with Crippen LogP contribution >= 0.6 is 0 Å². The molecular formula is C12H19NO2. The number of hydrogen-bond acceptors (Lipinski definition) is 3. The number of nitrogens with zero attached hydrogens (tertiary/aromatic N) is 1. The van der Waals surface area contributed by atoms with Crippen molar-refractivity contribution in [2.75, 3.05) is 32.6 Å². The molecule has 0 bridgehead atoms. The molecule has 0 N–H and O–H groups in total. The van der Waals surface area contributed by atoms with Gasteiger partial charge in [0.15, 0.2) is 0 Å². The first-order valence-electron chi connectivity index (χ1n) is 4.99. The zero-order valence-electron chi connectivity index (χ0n) is 9.91. The van der Waals surface area contributed by atoms with Crippen LogP contribution in [0.4, 0.5) is 5.69 Å². The second kappa shape index (κ2) is 5.73. The van der Waals surface area contributed by atoms with Crippen molar-refractivity contribution >= 4 is 5.69 Å². The van der Waals surface area contributed by atoms with Crippen molar-refractivity contribution in [1.29, 1.82) is 0 Å². The SMILES string of the molecule is COCN(COC)c1ccc(C)cc1C. The Bertz CT molecular complexity index is 306. The third-order valence-electron chi connectivity index (χ3n) is 2.26. The predicted molar refractivity (Wildman–Crippen MR) is 62.1 cm³/mol. The van der Waals surface area contributed by atoms with Gasteiger partial charge in [-0.3, -0.25) is 0 Å². The van der Waals surface area contributed by atoms with Crippen LogP contribution in [0.15, 0.2) is 18.2 Å². The maximum absolute atomic E-state index is 5.14. The summed E-state index contributed by atoms with van der Waals surface area (Å²) in [6, 6.07) is 6.36. The summed E-state index contributed by atoms with van der Waals surface area (Å²) in [4.78, 5) is 2.05. The Kier molecular flexibility index (Phi) is 4.59. The fourth-order valence-corrected chi connectivity index (χ4v) is 1.65. The minimum atomic E-state index is 0.539. The van der Waals surface area contributed by atoms with Gasteiger partial charge in [-0.2, -0.15) is 0 Å². The Labute approximate surface area is 91.6 Å². The first-order chi connectivity index (χ1) is 7.19. The molecule has 0 fully saturated rings. The van der Waals surface area contributed by atoms with Gasteiger partial charge in [-0.15, -0.1) is 0 Å². The second-order valence-corrected chi connectivity index (χ2v) is 3.67. The van der Waals surface area contributed by atoms with Gasteiger partial charge in [-0.05, 0) is 25.5 Å². The first kappa shape index (κ1) is 12.0. The minimum Gasteiger partial charge on any atom is -0.364 e. The minimum absolute atomic E-state index is 0.539. The molecule has 0 radical (unpaired) electrons. The van der Waals surface area contributed by atoms with E-state index in [-0.39, 0.29) is 0 Å². The molecule has 3 heteroatoms. The van der Waals surface area contributed by atoms with Gasteiger partial charge < -0.3 is 14.4 Å². The lowest BCUT2D eigenvalue weighted by Crippen LogP contribution is -2.28. The van der Waals surface area contributed by atoms with E-state index in [1.807, 2.05) is 0 Å². The predicted octanol–water partition coefficient (Wildman–Crippen LogP) is 2.32. The summed E-state index contributed by atoms with van der Waals surface area (Å²) >= 11 is 0. The topological polar surface area (TPSA) is 21.7 Å². The largest absolute Gasteiger partial charge is 0.364 e. The van der Waals surface area contributed by atoms with Crippen LogP contribution in [-0.2, 0) is 9.47 Å². The van der Waals surface area contributed by atoms with E-state index in [2.05, 4.69) is 36.9 Å². The fraction of sp³-hybridized carbons (Fsp3) is 0.500. The average Bonchev–Trinajstić information content (AvgIpc) is 2.17. The third kappa shape index (κ3) is 3.22. The van der Waals surface area contributed by atoms with E-state index in [1.54, 1.807) is 14.2 Å². The highest BCUT2D eigenvalue weighted by atomic mass is 16.5. The molecule has 1 rings (SSSR count). The molecule has 0 aromatic heterocycles. The van der Waals surface area contributed by atoms with Crippen LogP contribution in [0.3, 0.4) is 0 Å². The molecule has 0 amide bonds. The zero-order valence-corrected chi connectivity index (χ0v) is 9.91. The molecule has 15 heavy (non-hydrogen) atoms. The lowest BCUT2D eigenvalue weighted by molar-refractivity contribution is 0.140. The molecule has 0 saturated carbocycles. The smallest absolute Gasteiger partial charge is 0.120 e. The molecule has 1 aromatic rings. The second-order valence-electron chi connectivity index (χ2n) is 3.67. The summed E-state index contributed by atoms with van der Waals surface area (Å²) < 4.78 is 10.3. The van der Waals surface area contributed by atoms with E-state index in [0.29, 0.717) is 13.5 Å². The molecule has 0 aliphatic carbocycles. The van der Waals surface area contributed by atoms with Gasteiger partial charge in [-0.25, -0.2) is 0 Å². The number of benzene rings is 1. The maximum Gasteiger partial charge on any atom is 0.120 e. The quantitative estimate of drug-likeness (QED) is 0.695. The van der Waals surface area contributed by atoms with Crippen LogP contribution < -0.4 is 4.90 Å². The summed E-state index contributed by atoms with van der Waals surface area (Å²) in [5.74, 6) is 0. The Balaban J connectivity index is 2.89. The zero-order chi connectivity index (χ0) is 11.3. The molecule has 0 heterocycles. The standard InChI is InChI=1S/C12H19NO2/c1-10-5-6-12(11(2)7-10)13(8-14-3)9-15-4/h5-7H,8-9H2,1-4H3. The molecule has 0 unspecified atom stereocenters. The van der Waals surface area contributed by atoms with Gasteiger partial charge in [0.05, 0.1) is 0 Å². The van der Waals surface area contributed by atoms with E-state index >= 15 is 0 Å². The number of methoxy groups -OCH3 is 2. The third-order valence-corrected chi connectivity index (χ3v) is 2.26. The number of anilines is 1. The van der Waals surface area contributed by atoms with Crippen LogP contribution in [0.25, 0.3) is 0 Å². The van der Waals surface area contributed by atoms with Gasteiger partial charge in [0.25, 0.3) is 0 Å². The summed E-state index contributed by atoms with van der Waals surface area (Å²) in [7, 11) is 3.37. The van der Waals surface area contributed by atoms with Crippen molar-refractivity contribution in [2.45, 2.75) is 13.8 Å². The Morgan fingerprint density at radius 2 is 1.67 bits per heavy atom. The van der Waals surface area contributed by atoms with E-state index in [1.165, 1.54) is 11.1 Å². The molecule has 0 atom stereocenters. The summed E-state index contributed by atoms with van der Waals surface area (Å²) in [6.07, 6.45) is 0. The lowest BCUT2D eigenvalue weighted by Gasteiger charge is -2.24. The molecule has 0 saturated heterocycles. The van der Waals surface area contributed by atoms with Crippen molar-refractivity contribution < 1.29 is 9.47 Å². The monoisotopic (exact) mass is 209 g/mol. The molecule has 0 aliphatic heterocycles. The summed E-state index contributed by atoms with van der Waals surface area (Å²) in [5.41, 5.74) is 3.67. The highest BCUT2D eigenvalue weighted by molar-refractivity contribution is 5.53. The average molecular weight is 209 g/mol. The molecule has 84 valence electrons. The van der Waals surface area contributed by atoms with Crippen molar-refractivity contribution in [3.63, 3.8) is 0 Å². The fourth-order valence-electron chi connectivity index (χ4n) is 1.65. The van der Waals surface area contributed by atoms with Gasteiger partial charge in [0.1, 0.15) is 13.5 Å². The van der Waals surface area contributed by atoms with Gasteiger partial charge in [-0.1, -0.05) is 17.7 Å². The van der Waals surface area contributed by atoms with Gasteiger partial charge >= 0.3 is 0 Å².